The van der Waals surface area contributed by atoms with E-state index in [1.54, 1.807) is 19.2 Å². The van der Waals surface area contributed by atoms with Crippen LogP contribution in [-0.4, -0.2) is 47.0 Å². The number of anilines is 1. The number of aryl methyl sites for hydroxylation is 1. The highest BCUT2D eigenvalue weighted by molar-refractivity contribution is 7.92. The van der Waals surface area contributed by atoms with Crippen LogP contribution in [0.1, 0.15) is 27.5 Å². The Labute approximate surface area is 195 Å². The van der Waals surface area contributed by atoms with Crippen molar-refractivity contribution in [2.45, 2.75) is 17.9 Å². The predicted molar refractivity (Wildman–Crippen MR) is 130 cm³/mol. The molecule has 1 amide bonds. The van der Waals surface area contributed by atoms with Crippen LogP contribution in [0.25, 0.3) is 0 Å². The van der Waals surface area contributed by atoms with Crippen molar-refractivity contribution in [3.63, 3.8) is 0 Å². The minimum absolute atomic E-state index is 0.0537. The van der Waals surface area contributed by atoms with Crippen LogP contribution in [0, 0.1) is 6.92 Å². The van der Waals surface area contributed by atoms with Gasteiger partial charge in [-0.3, -0.25) is 9.52 Å². The van der Waals surface area contributed by atoms with Crippen molar-refractivity contribution < 1.29 is 17.9 Å². The summed E-state index contributed by atoms with van der Waals surface area (Å²) in [5, 5.41) is 2.94. The molecular weight excluding hydrogens is 438 g/mol. The van der Waals surface area contributed by atoms with E-state index in [1.165, 1.54) is 24.3 Å². The molecule has 3 aromatic carbocycles. The number of nitrogens with zero attached hydrogens (tertiary/aromatic N) is 1. The van der Waals surface area contributed by atoms with E-state index in [9.17, 15) is 13.2 Å². The second-order valence-electron chi connectivity index (χ2n) is 7.91. The number of para-hydroxylation sites is 1. The summed E-state index contributed by atoms with van der Waals surface area (Å²) in [6, 6.07) is 20.7. The largest absolute Gasteiger partial charge is 0.497 e. The van der Waals surface area contributed by atoms with Gasteiger partial charge in [-0.1, -0.05) is 30.3 Å². The van der Waals surface area contributed by atoms with Gasteiger partial charge in [0.15, 0.2) is 0 Å². The van der Waals surface area contributed by atoms with Crippen molar-refractivity contribution in [3.8, 4) is 5.75 Å². The van der Waals surface area contributed by atoms with Gasteiger partial charge in [-0.15, -0.1) is 0 Å². The van der Waals surface area contributed by atoms with Crippen molar-refractivity contribution in [2.75, 3.05) is 32.5 Å². The zero-order valence-electron chi connectivity index (χ0n) is 19.2. The number of likely N-dealkylation sites (N-methyl/N-ethyl adjacent to an activating group) is 1. The summed E-state index contributed by atoms with van der Waals surface area (Å²) < 4.78 is 33.3. The van der Waals surface area contributed by atoms with Crippen LogP contribution < -0.4 is 14.8 Å². The van der Waals surface area contributed by atoms with Crippen molar-refractivity contribution >= 4 is 21.6 Å². The smallest absolute Gasteiger partial charge is 0.261 e. The van der Waals surface area contributed by atoms with Gasteiger partial charge in [-0.05, 0) is 74.6 Å². The molecule has 0 spiro atoms. The molecule has 0 saturated heterocycles. The summed E-state index contributed by atoms with van der Waals surface area (Å²) in [6.07, 6.45) is 0. The van der Waals surface area contributed by atoms with Gasteiger partial charge in [0.1, 0.15) is 5.75 Å². The first-order valence-corrected chi connectivity index (χ1v) is 12.0. The van der Waals surface area contributed by atoms with E-state index >= 15 is 0 Å². The third kappa shape index (κ3) is 6.12. The zero-order valence-corrected chi connectivity index (χ0v) is 20.0. The fourth-order valence-electron chi connectivity index (χ4n) is 3.42. The molecule has 3 aromatic rings. The Bertz CT molecular complexity index is 1210. The number of carbonyl (C=O) groups is 1. The summed E-state index contributed by atoms with van der Waals surface area (Å²) in [5.74, 6) is 0.474. The lowest BCUT2D eigenvalue weighted by Crippen LogP contribution is -2.34. The van der Waals surface area contributed by atoms with Crippen molar-refractivity contribution in [2.24, 2.45) is 0 Å². The number of nitrogens with one attached hydrogen (secondary N) is 2. The number of benzene rings is 3. The van der Waals surface area contributed by atoms with Gasteiger partial charge >= 0.3 is 0 Å². The standard InChI is InChI=1S/C25H29N3O4S/c1-18-8-5-6-11-23(18)27-33(30,31)22-14-12-19(13-15-22)25(29)26-17-24(28(2)3)20-9-7-10-21(16-20)32-4/h5-16,24,27H,17H2,1-4H3,(H,26,29). The highest BCUT2D eigenvalue weighted by Gasteiger charge is 2.18. The van der Waals surface area contributed by atoms with E-state index in [2.05, 4.69) is 10.0 Å². The minimum Gasteiger partial charge on any atom is -0.497 e. The Morgan fingerprint density at radius 3 is 2.33 bits per heavy atom. The Kier molecular flexibility index (Phi) is 7.73. The molecule has 3 rings (SSSR count). The van der Waals surface area contributed by atoms with Crippen LogP contribution in [0.2, 0.25) is 0 Å². The first-order chi connectivity index (χ1) is 15.7. The molecule has 0 aliphatic rings. The number of sulfonamides is 1. The van der Waals surface area contributed by atoms with E-state index in [4.69, 9.17) is 4.74 Å². The zero-order chi connectivity index (χ0) is 24.0. The monoisotopic (exact) mass is 467 g/mol. The van der Waals surface area contributed by atoms with E-state index in [0.717, 1.165) is 16.9 Å². The third-order valence-electron chi connectivity index (χ3n) is 5.37. The number of hydrogen-bond acceptors (Lipinski definition) is 5. The summed E-state index contributed by atoms with van der Waals surface area (Å²) in [5.41, 5.74) is 2.74. The fraction of sp³-hybridized carbons (Fsp3) is 0.240. The average molecular weight is 468 g/mol. The number of amides is 1. The molecule has 0 heterocycles. The third-order valence-corrected chi connectivity index (χ3v) is 6.76. The number of carbonyl (C=O) groups excluding carboxylic acids is 1. The van der Waals surface area contributed by atoms with Crippen LogP contribution in [0.3, 0.4) is 0 Å². The lowest BCUT2D eigenvalue weighted by atomic mass is 10.1. The molecule has 0 aliphatic carbocycles. The Balaban J connectivity index is 1.68. The van der Waals surface area contributed by atoms with Gasteiger partial charge < -0.3 is 15.0 Å². The van der Waals surface area contributed by atoms with E-state index in [1.807, 2.05) is 62.3 Å². The lowest BCUT2D eigenvalue weighted by Gasteiger charge is -2.25. The normalized spacial score (nSPS) is 12.3. The lowest BCUT2D eigenvalue weighted by molar-refractivity contribution is 0.0942. The maximum Gasteiger partial charge on any atom is 0.261 e. The van der Waals surface area contributed by atoms with Crippen molar-refractivity contribution in [3.05, 3.63) is 89.5 Å². The number of hydrogen-bond donors (Lipinski definition) is 2. The van der Waals surface area contributed by atoms with E-state index in [-0.39, 0.29) is 16.8 Å². The predicted octanol–water partition coefficient (Wildman–Crippen LogP) is 3.84. The van der Waals surface area contributed by atoms with Crippen LogP contribution in [0.4, 0.5) is 5.69 Å². The average Bonchev–Trinajstić information content (AvgIpc) is 2.80. The number of ether oxygens (including phenoxy) is 1. The Morgan fingerprint density at radius 2 is 1.70 bits per heavy atom. The van der Waals surface area contributed by atoms with Gasteiger partial charge in [0.05, 0.1) is 23.7 Å². The topological polar surface area (TPSA) is 87.7 Å². The summed E-state index contributed by atoms with van der Waals surface area (Å²) in [6.45, 7) is 2.21. The molecule has 0 aliphatic heterocycles. The molecule has 0 fully saturated rings. The van der Waals surface area contributed by atoms with Gasteiger partial charge in [0.25, 0.3) is 15.9 Å². The van der Waals surface area contributed by atoms with Crippen LogP contribution in [0.5, 0.6) is 5.75 Å². The van der Waals surface area contributed by atoms with Gasteiger partial charge in [-0.2, -0.15) is 0 Å². The maximum atomic E-state index is 12.7. The Hall–Kier alpha value is -3.36. The molecule has 174 valence electrons. The molecule has 1 unspecified atom stereocenters. The van der Waals surface area contributed by atoms with Gasteiger partial charge in [0.2, 0.25) is 0 Å². The van der Waals surface area contributed by atoms with Gasteiger partial charge in [0, 0.05) is 12.1 Å². The Morgan fingerprint density at radius 1 is 1.00 bits per heavy atom. The first-order valence-electron chi connectivity index (χ1n) is 10.5. The van der Waals surface area contributed by atoms with Crippen LogP contribution in [0.15, 0.2) is 77.7 Å². The molecule has 2 N–H and O–H groups in total. The molecular formula is C25H29N3O4S. The molecule has 33 heavy (non-hydrogen) atoms. The first kappa shape index (κ1) is 24.3. The molecule has 1 atom stereocenters. The summed E-state index contributed by atoms with van der Waals surface area (Å²) in [4.78, 5) is 14.8. The van der Waals surface area contributed by atoms with Gasteiger partial charge in [-0.25, -0.2) is 8.42 Å². The van der Waals surface area contributed by atoms with Crippen molar-refractivity contribution in [1.82, 2.24) is 10.2 Å². The van der Waals surface area contributed by atoms with E-state index in [0.29, 0.717) is 17.8 Å². The molecule has 0 bridgehead atoms. The van der Waals surface area contributed by atoms with Crippen molar-refractivity contribution in [1.29, 1.82) is 0 Å². The highest BCUT2D eigenvalue weighted by Crippen LogP contribution is 2.23. The van der Waals surface area contributed by atoms with Crippen LogP contribution >= 0.6 is 0 Å². The molecule has 0 radical (unpaired) electrons. The van der Waals surface area contributed by atoms with E-state index < -0.39 is 10.0 Å². The molecule has 0 saturated carbocycles. The quantitative estimate of drug-likeness (QED) is 0.499. The second-order valence-corrected chi connectivity index (χ2v) is 9.59. The maximum absolute atomic E-state index is 12.7. The SMILES string of the molecule is COc1cccc(C(CNC(=O)c2ccc(S(=O)(=O)Nc3ccccc3C)cc2)N(C)C)c1. The molecule has 0 aromatic heterocycles. The molecule has 7 nitrogen and oxygen atoms in total. The summed E-state index contributed by atoms with van der Waals surface area (Å²) >= 11 is 0. The highest BCUT2D eigenvalue weighted by atomic mass is 32.2. The fourth-order valence-corrected chi connectivity index (χ4v) is 4.55. The number of rotatable bonds is 9. The second kappa shape index (κ2) is 10.5. The minimum atomic E-state index is -3.76. The summed E-state index contributed by atoms with van der Waals surface area (Å²) in [7, 11) is 1.74. The number of methoxy groups -OCH3 is 1. The molecule has 8 heteroatoms. The van der Waals surface area contributed by atoms with Crippen LogP contribution in [-0.2, 0) is 10.0 Å².